The lowest BCUT2D eigenvalue weighted by Gasteiger charge is -2.31. The average molecular weight is 403 g/mol. The minimum atomic E-state index is -0.250. The number of piperidine rings is 1. The van der Waals surface area contributed by atoms with E-state index in [4.69, 9.17) is 9.90 Å². The van der Waals surface area contributed by atoms with Gasteiger partial charge in [-0.3, -0.25) is 9.59 Å². The molecule has 2 heterocycles. The lowest BCUT2D eigenvalue weighted by molar-refractivity contribution is -0.122. The van der Waals surface area contributed by atoms with Crippen LogP contribution in [0.15, 0.2) is 53.9 Å². The topological polar surface area (TPSA) is 95.4 Å². The first-order chi connectivity index (χ1) is 13.7. The predicted molar refractivity (Wildman–Crippen MR) is 109 cm³/mol. The fraction of sp³-hybridized carbons (Fsp3) is 0.400. The van der Waals surface area contributed by atoms with Gasteiger partial charge in [-0.15, -0.1) is 11.8 Å². The molecule has 1 saturated heterocycles. The summed E-state index contributed by atoms with van der Waals surface area (Å²) >= 11 is 1.92. The van der Waals surface area contributed by atoms with Crippen molar-refractivity contribution in [2.45, 2.75) is 17.7 Å². The molecule has 1 aromatic heterocycles. The first kappa shape index (κ1) is 21.8. The summed E-state index contributed by atoms with van der Waals surface area (Å²) in [6.07, 6.45) is 6.82. The molecule has 0 aliphatic carbocycles. The number of nitrogens with one attached hydrogen (secondary N) is 1. The molecule has 2 aromatic rings. The molecule has 1 aromatic carbocycles. The summed E-state index contributed by atoms with van der Waals surface area (Å²) in [6.45, 7) is 3.84. The molecule has 3 rings (SSSR count). The van der Waals surface area contributed by atoms with Gasteiger partial charge in [-0.1, -0.05) is 18.2 Å². The van der Waals surface area contributed by atoms with E-state index in [0.717, 1.165) is 44.8 Å². The highest BCUT2D eigenvalue weighted by Crippen LogP contribution is 2.20. The average Bonchev–Trinajstić information content (AvgIpc) is 2.75. The Hall–Kier alpha value is -2.45. The smallest absolute Gasteiger partial charge is 0.290 e. The second kappa shape index (κ2) is 12.9. The van der Waals surface area contributed by atoms with Gasteiger partial charge in [-0.2, -0.15) is 0 Å². The normalized spacial score (nSPS) is 14.6. The molecule has 8 heteroatoms. The molecule has 28 heavy (non-hydrogen) atoms. The van der Waals surface area contributed by atoms with Crippen LogP contribution in [0.1, 0.15) is 23.2 Å². The van der Waals surface area contributed by atoms with Gasteiger partial charge in [-0.05, 0) is 44.0 Å². The Labute approximate surface area is 169 Å². The van der Waals surface area contributed by atoms with Gasteiger partial charge in [0.25, 0.3) is 12.4 Å². The molecule has 7 nitrogen and oxygen atoms in total. The number of rotatable bonds is 7. The van der Waals surface area contributed by atoms with Crippen molar-refractivity contribution in [2.75, 3.05) is 31.9 Å². The third-order valence-corrected chi connectivity index (χ3v) is 5.49. The first-order valence-corrected chi connectivity index (χ1v) is 10.2. The van der Waals surface area contributed by atoms with E-state index < -0.39 is 0 Å². The standard InChI is InChI=1S/C19H24N4OS.CH2O2/c24-19(17-13-20-15-21-14-17)22-12-16-6-8-23(9-7-16)10-11-25-18-4-2-1-3-5-18;2-1-3/h1-5,13-16H,6-12H2,(H,22,24);1H,(H,2,3). The van der Waals surface area contributed by atoms with Crippen LogP contribution in [0, 0.1) is 5.92 Å². The van der Waals surface area contributed by atoms with Crippen molar-refractivity contribution in [1.82, 2.24) is 20.2 Å². The summed E-state index contributed by atoms with van der Waals surface area (Å²) in [4.78, 5) is 32.0. The van der Waals surface area contributed by atoms with Crippen LogP contribution >= 0.6 is 11.8 Å². The van der Waals surface area contributed by atoms with E-state index in [-0.39, 0.29) is 12.4 Å². The maximum Gasteiger partial charge on any atom is 0.290 e. The SMILES string of the molecule is O=C(NCC1CCN(CCSc2ccccc2)CC1)c1cncnc1.O=CO. The van der Waals surface area contributed by atoms with Crippen LogP contribution in [0.2, 0.25) is 0 Å². The van der Waals surface area contributed by atoms with Crippen LogP contribution in [0.25, 0.3) is 0 Å². The number of hydrogen-bond acceptors (Lipinski definition) is 6. The number of hydrogen-bond donors (Lipinski definition) is 2. The van der Waals surface area contributed by atoms with Gasteiger partial charge in [0.2, 0.25) is 0 Å². The Morgan fingerprint density at radius 2 is 1.86 bits per heavy atom. The predicted octanol–water partition coefficient (Wildman–Crippen LogP) is 2.41. The van der Waals surface area contributed by atoms with Crippen LogP contribution in [0.3, 0.4) is 0 Å². The van der Waals surface area contributed by atoms with Crippen LogP contribution in [-0.4, -0.2) is 64.3 Å². The number of nitrogens with zero attached hydrogens (tertiary/aromatic N) is 3. The summed E-state index contributed by atoms with van der Waals surface area (Å²) in [6, 6.07) is 10.6. The molecule has 1 fully saturated rings. The molecular formula is C20H26N4O3S. The molecule has 0 saturated carbocycles. The summed E-state index contributed by atoms with van der Waals surface area (Å²) < 4.78 is 0. The van der Waals surface area contributed by atoms with Gasteiger partial charge in [-0.25, -0.2) is 9.97 Å². The number of thioether (sulfide) groups is 1. The van der Waals surface area contributed by atoms with Crippen molar-refractivity contribution in [2.24, 2.45) is 5.92 Å². The zero-order valence-electron chi connectivity index (χ0n) is 15.7. The minimum absolute atomic E-state index is 0.0812. The van der Waals surface area contributed by atoms with E-state index in [1.165, 1.54) is 11.2 Å². The number of likely N-dealkylation sites (tertiary alicyclic amines) is 1. The van der Waals surface area contributed by atoms with Crippen molar-refractivity contribution in [3.05, 3.63) is 54.6 Å². The van der Waals surface area contributed by atoms with Crippen molar-refractivity contribution in [1.29, 1.82) is 0 Å². The minimum Gasteiger partial charge on any atom is -0.483 e. The van der Waals surface area contributed by atoms with Crippen LogP contribution < -0.4 is 5.32 Å². The van der Waals surface area contributed by atoms with E-state index >= 15 is 0 Å². The second-order valence-corrected chi connectivity index (χ2v) is 7.56. The Morgan fingerprint density at radius 3 is 2.50 bits per heavy atom. The summed E-state index contributed by atoms with van der Waals surface area (Å²) in [7, 11) is 0. The molecule has 2 N–H and O–H groups in total. The van der Waals surface area contributed by atoms with Gasteiger partial charge < -0.3 is 15.3 Å². The highest BCUT2D eigenvalue weighted by molar-refractivity contribution is 7.99. The lowest BCUT2D eigenvalue weighted by atomic mass is 9.97. The summed E-state index contributed by atoms with van der Waals surface area (Å²) in [5.74, 6) is 1.60. The molecule has 0 bridgehead atoms. The Bertz CT molecular complexity index is 695. The molecule has 150 valence electrons. The lowest BCUT2D eigenvalue weighted by Crippen LogP contribution is -2.39. The molecule has 1 aliphatic rings. The van der Waals surface area contributed by atoms with Crippen LogP contribution in [0.5, 0.6) is 0 Å². The summed E-state index contributed by atoms with van der Waals surface area (Å²) in [5, 5.41) is 9.90. The van der Waals surface area contributed by atoms with Gasteiger partial charge in [0.05, 0.1) is 5.56 Å². The molecule has 0 radical (unpaired) electrons. The third kappa shape index (κ3) is 8.06. The van der Waals surface area contributed by atoms with Gasteiger partial charge in [0.1, 0.15) is 6.33 Å². The summed E-state index contributed by atoms with van der Waals surface area (Å²) in [5.41, 5.74) is 0.526. The fourth-order valence-corrected chi connectivity index (χ4v) is 3.91. The van der Waals surface area contributed by atoms with Crippen molar-refractivity contribution in [3.63, 3.8) is 0 Å². The number of carbonyl (C=O) groups is 2. The first-order valence-electron chi connectivity index (χ1n) is 9.24. The monoisotopic (exact) mass is 402 g/mol. The van der Waals surface area contributed by atoms with E-state index in [1.54, 1.807) is 12.4 Å². The van der Waals surface area contributed by atoms with Crippen molar-refractivity contribution < 1.29 is 14.7 Å². The fourth-order valence-electron chi connectivity index (χ4n) is 2.98. The molecular weight excluding hydrogens is 376 g/mol. The molecule has 0 spiro atoms. The maximum atomic E-state index is 12.0. The molecule has 0 unspecified atom stereocenters. The Morgan fingerprint density at radius 1 is 1.21 bits per heavy atom. The molecule has 1 aliphatic heterocycles. The number of aromatic nitrogens is 2. The van der Waals surface area contributed by atoms with Crippen molar-refractivity contribution in [3.8, 4) is 0 Å². The number of carboxylic acid groups (broad SMARTS) is 1. The largest absolute Gasteiger partial charge is 0.483 e. The third-order valence-electron chi connectivity index (χ3n) is 4.50. The number of benzene rings is 1. The van der Waals surface area contributed by atoms with E-state index in [2.05, 4.69) is 50.5 Å². The molecule has 0 atom stereocenters. The zero-order valence-corrected chi connectivity index (χ0v) is 16.6. The van der Waals surface area contributed by atoms with E-state index in [9.17, 15) is 4.79 Å². The second-order valence-electron chi connectivity index (χ2n) is 6.39. The quantitative estimate of drug-likeness (QED) is 0.542. The zero-order chi connectivity index (χ0) is 20.0. The highest BCUT2D eigenvalue weighted by atomic mass is 32.2. The van der Waals surface area contributed by atoms with Gasteiger partial charge in [0, 0.05) is 36.1 Å². The van der Waals surface area contributed by atoms with Crippen LogP contribution in [0.4, 0.5) is 0 Å². The van der Waals surface area contributed by atoms with Crippen molar-refractivity contribution >= 4 is 24.1 Å². The number of carbonyl (C=O) groups excluding carboxylic acids is 1. The van der Waals surface area contributed by atoms with Gasteiger partial charge >= 0.3 is 0 Å². The van der Waals surface area contributed by atoms with E-state index in [1.807, 2.05) is 11.8 Å². The Kier molecular flexibility index (Phi) is 10.0. The van der Waals surface area contributed by atoms with E-state index in [0.29, 0.717) is 11.5 Å². The highest BCUT2D eigenvalue weighted by Gasteiger charge is 2.19. The molecule has 1 amide bonds. The Balaban J connectivity index is 0.000000878. The maximum absolute atomic E-state index is 12.0. The number of amides is 1. The van der Waals surface area contributed by atoms with Crippen LogP contribution in [-0.2, 0) is 4.79 Å². The van der Waals surface area contributed by atoms with Gasteiger partial charge in [0.15, 0.2) is 0 Å².